The molecule has 2 fully saturated rings. The van der Waals surface area contributed by atoms with Gasteiger partial charge in [-0.15, -0.1) is 9.78 Å². The van der Waals surface area contributed by atoms with Crippen molar-refractivity contribution in [3.8, 4) is 0 Å². The number of hydrogen-bond acceptors (Lipinski definition) is 10. The first kappa shape index (κ1) is 22.0. The second kappa shape index (κ2) is 8.40. The van der Waals surface area contributed by atoms with Crippen LogP contribution in [-0.2, 0) is 31.2 Å². The van der Waals surface area contributed by atoms with Gasteiger partial charge in [-0.25, -0.2) is 9.10 Å². The van der Waals surface area contributed by atoms with E-state index in [4.69, 9.17) is 15.0 Å². The van der Waals surface area contributed by atoms with Crippen molar-refractivity contribution >= 4 is 45.9 Å². The zero-order chi connectivity index (χ0) is 23.0. The molecule has 4 rings (SSSR count). The second-order valence-corrected chi connectivity index (χ2v) is 9.22. The van der Waals surface area contributed by atoms with E-state index in [-0.39, 0.29) is 36.4 Å². The number of thioether (sulfide) groups is 1. The van der Waals surface area contributed by atoms with Crippen molar-refractivity contribution in [3.05, 3.63) is 35.9 Å². The lowest BCUT2D eigenvalue weighted by molar-refractivity contribution is -0.150. The maximum Gasteiger partial charge on any atom is 0.437 e. The molecule has 0 radical (unpaired) electrons. The lowest BCUT2D eigenvalue weighted by atomic mass is 10.0. The van der Waals surface area contributed by atoms with E-state index in [2.05, 4.69) is 10.1 Å². The molecular formula is C17H18N6O7S2. The number of carbonyl (C=O) groups is 3. The van der Waals surface area contributed by atoms with Gasteiger partial charge < -0.3 is 15.4 Å². The molecule has 2 aliphatic heterocycles. The SMILES string of the molecule is Nc1nc(SCC(=O)N2CC[C@@H]3[C@H]2C(=O)N3S(=O)(=O)O)n(C(=O)OCc2ccccc2)n1. The standard InChI is InChI=1S/C17H18N6O7S2/c18-15-19-16(22(20-15)17(26)30-8-10-4-2-1-3-5-10)31-9-12(24)21-7-6-11-13(21)14(25)23(11)32(27,28)29/h1-5,11,13H,6-9H2,(H2,18,20)(H,27,28,29)/t11-,13+/m1/s1. The molecule has 13 nitrogen and oxygen atoms in total. The summed E-state index contributed by atoms with van der Waals surface area (Å²) in [6.07, 6.45) is -0.603. The molecule has 2 atom stereocenters. The lowest BCUT2D eigenvalue weighted by Crippen LogP contribution is -2.68. The molecule has 0 aliphatic carbocycles. The van der Waals surface area contributed by atoms with Crippen molar-refractivity contribution in [1.29, 1.82) is 0 Å². The van der Waals surface area contributed by atoms with E-state index in [1.807, 2.05) is 6.07 Å². The van der Waals surface area contributed by atoms with E-state index in [0.29, 0.717) is 4.31 Å². The molecule has 2 aromatic rings. The number of benzene rings is 1. The minimum atomic E-state index is -4.66. The Kier molecular flexibility index (Phi) is 5.79. The maximum absolute atomic E-state index is 12.6. The highest BCUT2D eigenvalue weighted by Crippen LogP contribution is 2.36. The van der Waals surface area contributed by atoms with Crippen molar-refractivity contribution in [1.82, 2.24) is 24.0 Å². The van der Waals surface area contributed by atoms with Gasteiger partial charge in [0.25, 0.3) is 5.91 Å². The number of amides is 2. The second-order valence-electron chi connectivity index (χ2n) is 6.99. The Morgan fingerprint density at radius 1 is 1.28 bits per heavy atom. The number of ether oxygens (including phenoxy) is 1. The van der Waals surface area contributed by atoms with Crippen molar-refractivity contribution < 1.29 is 32.1 Å². The fraction of sp³-hybridized carbons (Fsp3) is 0.353. The fourth-order valence-corrected chi connectivity index (χ4v) is 5.32. The van der Waals surface area contributed by atoms with Gasteiger partial charge in [0.2, 0.25) is 11.9 Å². The molecule has 3 heterocycles. The van der Waals surface area contributed by atoms with Crippen molar-refractivity contribution in [2.24, 2.45) is 0 Å². The van der Waals surface area contributed by atoms with Crippen LogP contribution in [0.15, 0.2) is 35.5 Å². The van der Waals surface area contributed by atoms with Gasteiger partial charge in [-0.05, 0) is 12.0 Å². The monoisotopic (exact) mass is 482 g/mol. The predicted molar refractivity (Wildman–Crippen MR) is 109 cm³/mol. The molecule has 170 valence electrons. The number of hydrogen-bond donors (Lipinski definition) is 2. The zero-order valence-corrected chi connectivity index (χ0v) is 18.0. The van der Waals surface area contributed by atoms with Crippen LogP contribution in [0.1, 0.15) is 12.0 Å². The highest BCUT2D eigenvalue weighted by atomic mass is 32.2. The van der Waals surface area contributed by atoms with Crippen molar-refractivity contribution in [3.63, 3.8) is 0 Å². The summed E-state index contributed by atoms with van der Waals surface area (Å²) in [5.41, 5.74) is 6.36. The van der Waals surface area contributed by atoms with Crippen LogP contribution in [0.4, 0.5) is 10.7 Å². The van der Waals surface area contributed by atoms with Crippen LogP contribution in [-0.4, -0.2) is 79.2 Å². The zero-order valence-electron chi connectivity index (χ0n) is 16.4. The molecule has 0 bridgehead atoms. The average Bonchev–Trinajstić information content (AvgIpc) is 3.30. The molecule has 0 saturated carbocycles. The van der Waals surface area contributed by atoms with E-state index >= 15 is 0 Å². The minimum Gasteiger partial charge on any atom is -0.443 e. The van der Waals surface area contributed by atoms with E-state index in [1.165, 1.54) is 4.90 Å². The van der Waals surface area contributed by atoms with Crippen molar-refractivity contribution in [2.45, 2.75) is 30.3 Å². The normalized spacial score (nSPS) is 20.1. The third kappa shape index (κ3) is 4.13. The van der Waals surface area contributed by atoms with Gasteiger partial charge in [0.1, 0.15) is 12.6 Å². The van der Waals surface area contributed by atoms with Crippen LogP contribution in [0.3, 0.4) is 0 Å². The number of aromatic nitrogens is 3. The number of anilines is 1. The molecule has 2 saturated heterocycles. The Labute approximate surface area is 186 Å². The first-order valence-electron chi connectivity index (χ1n) is 9.33. The summed E-state index contributed by atoms with van der Waals surface area (Å²) in [5, 5.41) is 3.82. The van der Waals surface area contributed by atoms with Crippen LogP contribution in [0.5, 0.6) is 0 Å². The summed E-state index contributed by atoms with van der Waals surface area (Å²) in [4.78, 5) is 42.3. The highest BCUT2D eigenvalue weighted by Gasteiger charge is 2.59. The lowest BCUT2D eigenvalue weighted by Gasteiger charge is -2.42. The number of nitrogens with zero attached hydrogens (tertiary/aromatic N) is 5. The van der Waals surface area contributed by atoms with Crippen LogP contribution in [0, 0.1) is 0 Å². The predicted octanol–water partition coefficient (Wildman–Crippen LogP) is -0.248. The maximum atomic E-state index is 12.6. The summed E-state index contributed by atoms with van der Waals surface area (Å²) >= 11 is 0.873. The Bertz CT molecular complexity index is 1170. The molecule has 32 heavy (non-hydrogen) atoms. The Morgan fingerprint density at radius 3 is 2.69 bits per heavy atom. The Balaban J connectivity index is 1.37. The number of likely N-dealkylation sites (tertiary alicyclic amines) is 1. The van der Waals surface area contributed by atoms with Gasteiger partial charge in [-0.3, -0.25) is 14.1 Å². The van der Waals surface area contributed by atoms with Crippen LogP contribution >= 0.6 is 11.8 Å². The summed E-state index contributed by atoms with van der Waals surface area (Å²) in [6, 6.07) is 7.28. The molecule has 3 N–H and O–H groups in total. The minimum absolute atomic E-state index is 0.00565. The molecular weight excluding hydrogens is 464 g/mol. The number of rotatable bonds is 6. The smallest absolute Gasteiger partial charge is 0.437 e. The number of nitrogens with two attached hydrogens (primary N) is 1. The molecule has 0 spiro atoms. The molecule has 1 aromatic heterocycles. The number of β-lactam (4-membered cyclic amide) rings is 1. The van der Waals surface area contributed by atoms with Crippen molar-refractivity contribution in [2.75, 3.05) is 18.0 Å². The van der Waals surface area contributed by atoms with Gasteiger partial charge in [0.15, 0.2) is 5.16 Å². The Morgan fingerprint density at radius 2 is 2.00 bits per heavy atom. The number of carbonyl (C=O) groups excluding carboxylic acids is 3. The molecule has 2 aliphatic rings. The first-order valence-corrected chi connectivity index (χ1v) is 11.7. The Hall–Kier alpha value is -3.17. The quantitative estimate of drug-likeness (QED) is 0.315. The summed E-state index contributed by atoms with van der Waals surface area (Å²) in [7, 11) is -4.66. The van der Waals surface area contributed by atoms with Crippen LogP contribution in [0.2, 0.25) is 0 Å². The van der Waals surface area contributed by atoms with E-state index in [9.17, 15) is 22.8 Å². The average molecular weight is 483 g/mol. The van der Waals surface area contributed by atoms with E-state index in [0.717, 1.165) is 22.0 Å². The third-order valence-electron chi connectivity index (χ3n) is 5.00. The van der Waals surface area contributed by atoms with Crippen LogP contribution < -0.4 is 5.73 Å². The van der Waals surface area contributed by atoms with Gasteiger partial charge in [0.05, 0.1) is 11.8 Å². The number of fused-ring (bicyclic) bond motifs is 1. The fourth-order valence-electron chi connectivity index (χ4n) is 3.61. The topological polar surface area (TPSA) is 178 Å². The number of nitrogen functional groups attached to an aromatic ring is 1. The molecule has 15 heteroatoms. The third-order valence-corrected chi connectivity index (χ3v) is 6.86. The van der Waals surface area contributed by atoms with E-state index < -0.39 is 40.3 Å². The first-order chi connectivity index (χ1) is 15.2. The largest absolute Gasteiger partial charge is 0.443 e. The highest BCUT2D eigenvalue weighted by molar-refractivity contribution is 7.99. The summed E-state index contributed by atoms with van der Waals surface area (Å²) in [6.45, 7) is 0.159. The van der Waals surface area contributed by atoms with Gasteiger partial charge in [-0.2, -0.15) is 13.4 Å². The summed E-state index contributed by atoms with van der Waals surface area (Å²) < 4.78 is 38.1. The van der Waals surface area contributed by atoms with Gasteiger partial charge in [-0.1, -0.05) is 42.1 Å². The molecule has 0 unspecified atom stereocenters. The molecule has 1 aromatic carbocycles. The van der Waals surface area contributed by atoms with Gasteiger partial charge >= 0.3 is 16.4 Å². The van der Waals surface area contributed by atoms with Crippen LogP contribution in [0.25, 0.3) is 0 Å². The van der Waals surface area contributed by atoms with Gasteiger partial charge in [0, 0.05) is 6.54 Å². The molecule has 2 amide bonds. The summed E-state index contributed by atoms with van der Waals surface area (Å²) in [5.74, 6) is -1.70. The van der Waals surface area contributed by atoms with E-state index in [1.54, 1.807) is 24.3 Å².